The van der Waals surface area contributed by atoms with Crippen LogP contribution in [0.1, 0.15) is 25.0 Å². The van der Waals surface area contributed by atoms with E-state index in [2.05, 4.69) is 5.92 Å². The zero-order valence-corrected chi connectivity index (χ0v) is 7.94. The van der Waals surface area contributed by atoms with Gasteiger partial charge in [0.25, 0.3) is 0 Å². The Bertz CT molecular complexity index is 318. The van der Waals surface area contributed by atoms with Crippen molar-refractivity contribution in [2.75, 3.05) is 0 Å². The van der Waals surface area contributed by atoms with Crippen molar-refractivity contribution in [3.8, 4) is 12.3 Å². The number of terminal acetylenes is 1. The molecule has 0 aliphatic carbocycles. The van der Waals surface area contributed by atoms with Gasteiger partial charge in [0.15, 0.2) is 0 Å². The fourth-order valence-corrected chi connectivity index (χ4v) is 1.20. The maximum absolute atomic E-state index is 5.86. The zero-order chi connectivity index (χ0) is 9.14. The second kappa shape index (κ2) is 3.65. The smallest absolute Gasteiger partial charge is 0.0421 e. The van der Waals surface area contributed by atoms with Crippen molar-refractivity contribution < 1.29 is 0 Å². The molecule has 1 aromatic rings. The Kier molecular flexibility index (Phi) is 2.78. The zero-order valence-electron chi connectivity index (χ0n) is 7.19. The first-order valence-corrected chi connectivity index (χ1v) is 4.09. The van der Waals surface area contributed by atoms with E-state index in [-0.39, 0.29) is 0 Å². The summed E-state index contributed by atoms with van der Waals surface area (Å²) in [6.07, 6.45) is 5.27. The number of hydrogen-bond donors (Lipinski definition) is 0. The van der Waals surface area contributed by atoms with Gasteiger partial charge >= 0.3 is 0 Å². The predicted molar refractivity (Wildman–Crippen MR) is 53.1 cm³/mol. The maximum atomic E-state index is 5.86. The van der Waals surface area contributed by atoms with E-state index in [1.165, 1.54) is 5.92 Å². The molecule has 0 aromatic heterocycles. The lowest BCUT2D eigenvalue weighted by molar-refractivity contribution is 1.15. The first-order chi connectivity index (χ1) is 5.63. The third-order valence-electron chi connectivity index (χ3n) is 1.64. The van der Waals surface area contributed by atoms with Crippen molar-refractivity contribution in [2.24, 2.45) is 0 Å². The van der Waals surface area contributed by atoms with Crippen LogP contribution in [0.2, 0.25) is 5.02 Å². The largest absolute Gasteiger partial charge is 0.115 e. The molecule has 0 bridgehead atoms. The van der Waals surface area contributed by atoms with Crippen LogP contribution in [0, 0.1) is 18.3 Å². The molecule has 61 valence electrons. The van der Waals surface area contributed by atoms with Gasteiger partial charge in [-0.25, -0.2) is 0 Å². The minimum atomic E-state index is 0.696. The van der Waals surface area contributed by atoms with E-state index in [4.69, 9.17) is 18.0 Å². The monoisotopic (exact) mass is 177 g/mol. The highest BCUT2D eigenvalue weighted by atomic mass is 35.5. The highest BCUT2D eigenvalue weighted by molar-refractivity contribution is 6.30. The Morgan fingerprint density at radius 1 is 1.33 bits per heavy atom. The molecular formula is C11H10Cl. The van der Waals surface area contributed by atoms with Crippen molar-refractivity contribution in [3.63, 3.8) is 0 Å². The summed E-state index contributed by atoms with van der Waals surface area (Å²) >= 11 is 5.86. The minimum absolute atomic E-state index is 0.696. The SMILES string of the molecule is C#Cc1cc(Cl)cc([C](C)C)c1. The molecule has 1 rings (SSSR count). The van der Waals surface area contributed by atoms with Crippen LogP contribution in [0.15, 0.2) is 18.2 Å². The molecule has 1 radical (unpaired) electrons. The van der Waals surface area contributed by atoms with Crippen LogP contribution in [0.5, 0.6) is 0 Å². The third kappa shape index (κ3) is 2.03. The summed E-state index contributed by atoms with van der Waals surface area (Å²) in [6.45, 7) is 4.07. The third-order valence-corrected chi connectivity index (χ3v) is 1.86. The van der Waals surface area contributed by atoms with Gasteiger partial charge in [-0.3, -0.25) is 0 Å². The quantitative estimate of drug-likeness (QED) is 0.578. The summed E-state index contributed by atoms with van der Waals surface area (Å²) in [6, 6.07) is 5.66. The fourth-order valence-electron chi connectivity index (χ4n) is 0.962. The first kappa shape index (κ1) is 9.16. The lowest BCUT2D eigenvalue weighted by Crippen LogP contribution is -1.89. The van der Waals surface area contributed by atoms with Gasteiger partial charge in [-0.1, -0.05) is 31.4 Å². The average Bonchev–Trinajstić information content (AvgIpc) is 2.03. The summed E-state index contributed by atoms with van der Waals surface area (Å²) in [4.78, 5) is 0. The van der Waals surface area contributed by atoms with Gasteiger partial charge in [-0.2, -0.15) is 0 Å². The van der Waals surface area contributed by atoms with E-state index in [1.807, 2.05) is 26.0 Å². The van der Waals surface area contributed by atoms with Crippen molar-refractivity contribution >= 4 is 11.6 Å². The maximum Gasteiger partial charge on any atom is 0.0421 e. The highest BCUT2D eigenvalue weighted by Crippen LogP contribution is 2.20. The second-order valence-corrected chi connectivity index (χ2v) is 3.31. The minimum Gasteiger partial charge on any atom is -0.115 e. The molecule has 0 saturated carbocycles. The van der Waals surface area contributed by atoms with E-state index in [0.717, 1.165) is 11.1 Å². The lowest BCUT2D eigenvalue weighted by Gasteiger charge is -2.05. The van der Waals surface area contributed by atoms with Gasteiger partial charge in [0.05, 0.1) is 0 Å². The molecule has 0 amide bonds. The first-order valence-electron chi connectivity index (χ1n) is 3.71. The standard InChI is InChI=1S/C11H10Cl/c1-4-9-5-10(8(2)3)7-11(12)6-9/h1,5-7H,2-3H3. The predicted octanol–water partition coefficient (Wildman–Crippen LogP) is 3.28. The van der Waals surface area contributed by atoms with Gasteiger partial charge in [-0.05, 0) is 29.7 Å². The summed E-state index contributed by atoms with van der Waals surface area (Å²) < 4.78 is 0. The van der Waals surface area contributed by atoms with E-state index in [9.17, 15) is 0 Å². The molecule has 0 spiro atoms. The molecule has 0 unspecified atom stereocenters. The van der Waals surface area contributed by atoms with Gasteiger partial charge in [0, 0.05) is 10.6 Å². The van der Waals surface area contributed by atoms with E-state index in [1.54, 1.807) is 6.07 Å². The molecule has 0 N–H and O–H groups in total. The summed E-state index contributed by atoms with van der Waals surface area (Å²) in [7, 11) is 0. The normalized spacial score (nSPS) is 9.92. The van der Waals surface area contributed by atoms with Crippen LogP contribution < -0.4 is 0 Å². The molecule has 0 nitrogen and oxygen atoms in total. The Hall–Kier alpha value is -0.930. The number of halogens is 1. The van der Waals surface area contributed by atoms with Gasteiger partial charge in [0.2, 0.25) is 0 Å². The van der Waals surface area contributed by atoms with Crippen molar-refractivity contribution in [3.05, 3.63) is 40.3 Å². The van der Waals surface area contributed by atoms with E-state index >= 15 is 0 Å². The van der Waals surface area contributed by atoms with E-state index < -0.39 is 0 Å². The Labute approximate surface area is 78.6 Å². The molecule has 12 heavy (non-hydrogen) atoms. The fraction of sp³-hybridized carbons (Fsp3) is 0.182. The number of rotatable bonds is 1. The summed E-state index contributed by atoms with van der Waals surface area (Å²) in [5.41, 5.74) is 1.94. The van der Waals surface area contributed by atoms with Crippen LogP contribution in [0.4, 0.5) is 0 Å². The van der Waals surface area contributed by atoms with Crippen LogP contribution >= 0.6 is 11.6 Å². The van der Waals surface area contributed by atoms with Crippen molar-refractivity contribution in [2.45, 2.75) is 13.8 Å². The summed E-state index contributed by atoms with van der Waals surface area (Å²) in [5, 5.41) is 0.696. The van der Waals surface area contributed by atoms with Crippen molar-refractivity contribution in [1.29, 1.82) is 0 Å². The Morgan fingerprint density at radius 2 is 2.00 bits per heavy atom. The molecule has 0 fully saturated rings. The van der Waals surface area contributed by atoms with Gasteiger partial charge in [0.1, 0.15) is 0 Å². The molecule has 0 heterocycles. The van der Waals surface area contributed by atoms with Gasteiger partial charge < -0.3 is 0 Å². The molecule has 1 heteroatoms. The van der Waals surface area contributed by atoms with Crippen LogP contribution in [-0.2, 0) is 0 Å². The van der Waals surface area contributed by atoms with Gasteiger partial charge in [-0.15, -0.1) is 6.42 Å². The van der Waals surface area contributed by atoms with Crippen LogP contribution in [0.25, 0.3) is 0 Å². The highest BCUT2D eigenvalue weighted by Gasteiger charge is 2.01. The molecule has 0 atom stereocenters. The van der Waals surface area contributed by atoms with Crippen LogP contribution in [0.3, 0.4) is 0 Å². The van der Waals surface area contributed by atoms with Crippen LogP contribution in [-0.4, -0.2) is 0 Å². The molecule has 0 saturated heterocycles. The lowest BCUT2D eigenvalue weighted by atomic mass is 10.0. The Balaban J connectivity index is 3.17. The molecule has 0 aliphatic heterocycles. The van der Waals surface area contributed by atoms with Crippen molar-refractivity contribution in [1.82, 2.24) is 0 Å². The summed E-state index contributed by atoms with van der Waals surface area (Å²) in [5.74, 6) is 3.78. The Morgan fingerprint density at radius 3 is 2.50 bits per heavy atom. The van der Waals surface area contributed by atoms with E-state index in [0.29, 0.717) is 5.02 Å². The molecule has 0 aliphatic rings. The second-order valence-electron chi connectivity index (χ2n) is 2.87. The number of hydrogen-bond acceptors (Lipinski definition) is 0. The topological polar surface area (TPSA) is 0 Å². The average molecular weight is 178 g/mol. The molecule has 1 aromatic carbocycles. The molecular weight excluding hydrogens is 168 g/mol. The number of benzene rings is 1.